The number of methoxy groups -OCH3 is 2. The van der Waals surface area contributed by atoms with Crippen molar-refractivity contribution in [3.8, 4) is 11.5 Å². The van der Waals surface area contributed by atoms with Crippen molar-refractivity contribution >= 4 is 34.3 Å². The van der Waals surface area contributed by atoms with Crippen LogP contribution in [0.1, 0.15) is 18.4 Å². The number of benzene rings is 2. The highest BCUT2D eigenvalue weighted by Crippen LogP contribution is 2.31. The van der Waals surface area contributed by atoms with Gasteiger partial charge in [0, 0.05) is 30.5 Å². The molecule has 1 aliphatic heterocycles. The van der Waals surface area contributed by atoms with Gasteiger partial charge in [-0.3, -0.25) is 9.59 Å². The summed E-state index contributed by atoms with van der Waals surface area (Å²) in [4.78, 5) is 30.9. The van der Waals surface area contributed by atoms with Gasteiger partial charge < -0.3 is 20.2 Å². The maximum absolute atomic E-state index is 12.7. The number of aromatic nitrogens is 2. The van der Waals surface area contributed by atoms with E-state index in [4.69, 9.17) is 15.3 Å². The van der Waals surface area contributed by atoms with Gasteiger partial charge in [-0.15, -0.1) is 0 Å². The molecule has 2 aromatic carbocycles. The first-order chi connectivity index (χ1) is 14.5. The van der Waals surface area contributed by atoms with Crippen molar-refractivity contribution in [2.75, 3.05) is 31.5 Å². The van der Waals surface area contributed by atoms with Crippen LogP contribution in [0, 0.1) is 0 Å². The zero-order valence-electron chi connectivity index (χ0n) is 16.8. The molecule has 9 heteroatoms. The van der Waals surface area contributed by atoms with Crippen LogP contribution in [0.15, 0.2) is 46.3 Å². The summed E-state index contributed by atoms with van der Waals surface area (Å²) in [5, 5.41) is 0.762. The molecule has 0 bridgehead atoms. The van der Waals surface area contributed by atoms with Crippen molar-refractivity contribution in [3.63, 3.8) is 0 Å². The molecular formula is C21H22N4O4S. The van der Waals surface area contributed by atoms with Crippen molar-refractivity contribution in [2.45, 2.75) is 23.8 Å². The first-order valence-electron chi connectivity index (χ1n) is 9.48. The third kappa shape index (κ3) is 3.68. The molecule has 0 radical (unpaired) electrons. The number of thioether (sulfide) groups is 1. The van der Waals surface area contributed by atoms with E-state index in [1.807, 2.05) is 24.3 Å². The number of ether oxygens (including phenoxy) is 2. The molecule has 0 aliphatic carbocycles. The monoisotopic (exact) mass is 426 g/mol. The van der Waals surface area contributed by atoms with E-state index in [9.17, 15) is 9.59 Å². The van der Waals surface area contributed by atoms with Crippen LogP contribution in [-0.4, -0.2) is 36.3 Å². The Morgan fingerprint density at radius 1 is 1.10 bits per heavy atom. The van der Waals surface area contributed by atoms with Crippen LogP contribution in [-0.2, 0) is 10.5 Å². The van der Waals surface area contributed by atoms with E-state index in [1.54, 1.807) is 17.0 Å². The minimum atomic E-state index is -0.355. The van der Waals surface area contributed by atoms with Crippen LogP contribution in [0.4, 0.5) is 5.69 Å². The number of anilines is 1. The molecule has 2 N–H and O–H groups in total. The van der Waals surface area contributed by atoms with E-state index in [-0.39, 0.29) is 11.5 Å². The number of carbonyl (C=O) groups excluding carboxylic acids is 1. The molecule has 1 saturated heterocycles. The number of nitrogen functional groups attached to an aromatic ring is 1. The van der Waals surface area contributed by atoms with E-state index in [0.29, 0.717) is 39.7 Å². The van der Waals surface area contributed by atoms with Crippen LogP contribution >= 0.6 is 11.8 Å². The molecule has 0 atom stereocenters. The Hall–Kier alpha value is -3.20. The Balaban J connectivity index is 1.57. The summed E-state index contributed by atoms with van der Waals surface area (Å²) in [6.07, 6.45) is 1.50. The molecule has 0 spiro atoms. The van der Waals surface area contributed by atoms with Crippen molar-refractivity contribution < 1.29 is 14.3 Å². The van der Waals surface area contributed by atoms with Gasteiger partial charge in [0.25, 0.3) is 5.56 Å². The third-order valence-corrected chi connectivity index (χ3v) is 6.09. The minimum Gasteiger partial charge on any atom is -0.493 e. The lowest BCUT2D eigenvalue weighted by Crippen LogP contribution is -2.29. The Bertz CT molecular complexity index is 1160. The van der Waals surface area contributed by atoms with Gasteiger partial charge in [0.15, 0.2) is 16.7 Å². The Kier molecular flexibility index (Phi) is 5.54. The fourth-order valence-electron chi connectivity index (χ4n) is 3.45. The van der Waals surface area contributed by atoms with E-state index in [2.05, 4.69) is 4.98 Å². The second kappa shape index (κ2) is 8.27. The third-order valence-electron chi connectivity index (χ3n) is 5.06. The molecule has 1 fully saturated rings. The van der Waals surface area contributed by atoms with Gasteiger partial charge in [-0.25, -0.2) is 9.66 Å². The number of fused-ring (bicyclic) bond motifs is 1. The summed E-state index contributed by atoms with van der Waals surface area (Å²) in [6, 6.07) is 11.1. The van der Waals surface area contributed by atoms with Crippen LogP contribution in [0.2, 0.25) is 0 Å². The van der Waals surface area contributed by atoms with Gasteiger partial charge in [-0.2, -0.15) is 0 Å². The number of carbonyl (C=O) groups is 1. The predicted molar refractivity (Wildman–Crippen MR) is 117 cm³/mol. The van der Waals surface area contributed by atoms with Gasteiger partial charge in [0.1, 0.15) is 0 Å². The number of hydrogen-bond donors (Lipinski definition) is 1. The van der Waals surface area contributed by atoms with Crippen molar-refractivity contribution in [2.24, 2.45) is 0 Å². The van der Waals surface area contributed by atoms with E-state index in [1.165, 1.54) is 26.0 Å². The lowest BCUT2D eigenvalue weighted by molar-refractivity contribution is -0.117. The van der Waals surface area contributed by atoms with Crippen LogP contribution in [0.5, 0.6) is 11.5 Å². The lowest BCUT2D eigenvalue weighted by atomic mass is 10.2. The number of nitrogens with zero attached hydrogens (tertiary/aromatic N) is 3. The summed E-state index contributed by atoms with van der Waals surface area (Å²) in [5.41, 5.74) is 2.08. The zero-order chi connectivity index (χ0) is 21.3. The maximum Gasteiger partial charge on any atom is 0.280 e. The standard InChI is InChI=1S/C21H22N4O4S/c1-28-17-10-15-16(11-18(17)29-2)23-21(25(22)20(15)27)30-12-13-5-7-14(8-6-13)24-9-3-4-19(24)26/h5-8,10-11H,3-4,9,12,22H2,1-2H3. The van der Waals surface area contributed by atoms with Gasteiger partial charge in [-0.1, -0.05) is 23.9 Å². The molecule has 8 nitrogen and oxygen atoms in total. The van der Waals surface area contributed by atoms with Crippen molar-refractivity contribution in [3.05, 3.63) is 52.3 Å². The number of amides is 1. The Morgan fingerprint density at radius 3 is 2.43 bits per heavy atom. The molecular weight excluding hydrogens is 404 g/mol. The number of nitrogens with two attached hydrogens (primary N) is 1. The topological polar surface area (TPSA) is 99.7 Å². The van der Waals surface area contributed by atoms with Crippen molar-refractivity contribution in [1.82, 2.24) is 9.66 Å². The second-order valence-corrected chi connectivity index (χ2v) is 7.84. The molecule has 1 aromatic heterocycles. The average Bonchev–Trinajstić information content (AvgIpc) is 3.20. The van der Waals surface area contributed by atoms with E-state index in [0.717, 1.165) is 28.9 Å². The SMILES string of the molecule is COc1cc2nc(SCc3ccc(N4CCCC4=O)cc3)n(N)c(=O)c2cc1OC. The molecule has 0 unspecified atom stereocenters. The fraction of sp³-hybridized carbons (Fsp3) is 0.286. The molecule has 3 aromatic rings. The first-order valence-corrected chi connectivity index (χ1v) is 10.5. The summed E-state index contributed by atoms with van der Waals surface area (Å²) >= 11 is 1.37. The van der Waals surface area contributed by atoms with Gasteiger partial charge in [0.2, 0.25) is 5.91 Å². The molecule has 0 saturated carbocycles. The molecule has 1 amide bonds. The minimum absolute atomic E-state index is 0.164. The number of rotatable bonds is 6. The fourth-order valence-corrected chi connectivity index (χ4v) is 4.32. The quantitative estimate of drug-likeness (QED) is 0.367. The predicted octanol–water partition coefficient (Wildman–Crippen LogP) is 2.55. The van der Waals surface area contributed by atoms with E-state index < -0.39 is 0 Å². The van der Waals surface area contributed by atoms with Gasteiger partial charge in [-0.05, 0) is 30.2 Å². The van der Waals surface area contributed by atoms with Gasteiger partial charge >= 0.3 is 0 Å². The Morgan fingerprint density at radius 2 is 1.80 bits per heavy atom. The molecule has 156 valence electrons. The molecule has 30 heavy (non-hydrogen) atoms. The Labute approximate surface area is 177 Å². The second-order valence-electron chi connectivity index (χ2n) is 6.90. The maximum atomic E-state index is 12.7. The summed E-state index contributed by atoms with van der Waals surface area (Å²) in [7, 11) is 3.04. The summed E-state index contributed by atoms with van der Waals surface area (Å²) in [6.45, 7) is 0.766. The molecule has 4 rings (SSSR count). The van der Waals surface area contributed by atoms with Crippen LogP contribution < -0.4 is 25.8 Å². The molecule has 2 heterocycles. The van der Waals surface area contributed by atoms with E-state index >= 15 is 0 Å². The summed E-state index contributed by atoms with van der Waals surface area (Å²) in [5.74, 6) is 7.69. The normalized spacial score (nSPS) is 13.8. The highest BCUT2D eigenvalue weighted by atomic mass is 32.2. The average molecular weight is 426 g/mol. The zero-order valence-corrected chi connectivity index (χ0v) is 17.6. The number of hydrogen-bond acceptors (Lipinski definition) is 7. The highest BCUT2D eigenvalue weighted by molar-refractivity contribution is 7.98. The van der Waals surface area contributed by atoms with Crippen LogP contribution in [0.3, 0.4) is 0 Å². The molecule has 1 aliphatic rings. The van der Waals surface area contributed by atoms with Crippen LogP contribution in [0.25, 0.3) is 10.9 Å². The smallest absolute Gasteiger partial charge is 0.280 e. The summed E-state index contributed by atoms with van der Waals surface area (Å²) < 4.78 is 11.6. The lowest BCUT2D eigenvalue weighted by Gasteiger charge is -2.16. The largest absolute Gasteiger partial charge is 0.493 e. The first kappa shape index (κ1) is 20.1. The van der Waals surface area contributed by atoms with Gasteiger partial charge in [0.05, 0.1) is 25.1 Å². The van der Waals surface area contributed by atoms with Crippen molar-refractivity contribution in [1.29, 1.82) is 0 Å². The highest BCUT2D eigenvalue weighted by Gasteiger charge is 2.21.